The van der Waals surface area contributed by atoms with Crippen LogP contribution in [0.25, 0.3) is 0 Å². The van der Waals surface area contributed by atoms with Gasteiger partial charge in [-0.3, -0.25) is 0 Å². The lowest BCUT2D eigenvalue weighted by molar-refractivity contribution is 0.0600. The summed E-state index contributed by atoms with van der Waals surface area (Å²) in [7, 11) is 1.39. The van der Waals surface area contributed by atoms with Crippen molar-refractivity contribution in [2.75, 3.05) is 7.11 Å². The molecule has 0 fully saturated rings. The summed E-state index contributed by atoms with van der Waals surface area (Å²) in [5.74, 6) is -0.302. The molecule has 2 aromatic carbocycles. The molecule has 0 amide bonds. The van der Waals surface area contributed by atoms with Gasteiger partial charge >= 0.3 is 5.97 Å². The van der Waals surface area contributed by atoms with Crippen LogP contribution in [-0.4, -0.2) is 13.1 Å². The van der Waals surface area contributed by atoms with Crippen molar-refractivity contribution in [1.29, 1.82) is 0 Å². The van der Waals surface area contributed by atoms with E-state index in [-0.39, 0.29) is 5.97 Å². The molecule has 0 unspecified atom stereocenters. The van der Waals surface area contributed by atoms with Gasteiger partial charge in [0.1, 0.15) is 0 Å². The summed E-state index contributed by atoms with van der Waals surface area (Å²) >= 11 is 3.52. The maximum atomic E-state index is 11.5. The van der Waals surface area contributed by atoms with E-state index in [9.17, 15) is 4.79 Å². The van der Waals surface area contributed by atoms with Gasteiger partial charge in [0.25, 0.3) is 0 Å². The van der Waals surface area contributed by atoms with E-state index in [0.717, 1.165) is 16.5 Å². The Balaban J connectivity index is 2.25. The van der Waals surface area contributed by atoms with Crippen LogP contribution in [0.2, 0.25) is 0 Å². The van der Waals surface area contributed by atoms with Gasteiger partial charge in [-0.05, 0) is 35.7 Å². The van der Waals surface area contributed by atoms with Gasteiger partial charge in [0.05, 0.1) is 12.7 Å². The van der Waals surface area contributed by atoms with E-state index in [0.29, 0.717) is 5.56 Å². The Kier molecular flexibility index (Phi) is 4.15. The van der Waals surface area contributed by atoms with E-state index in [1.54, 1.807) is 6.07 Å². The molecule has 0 saturated carbocycles. The van der Waals surface area contributed by atoms with E-state index in [4.69, 9.17) is 4.74 Å². The molecule has 0 saturated heterocycles. The molecular weight excluding hydrogens is 292 g/mol. The second-order valence-electron chi connectivity index (χ2n) is 3.96. The lowest BCUT2D eigenvalue weighted by Gasteiger charge is -2.06. The Labute approximate surface area is 115 Å². The quantitative estimate of drug-likeness (QED) is 0.806. The Morgan fingerprint density at radius 2 is 1.94 bits per heavy atom. The van der Waals surface area contributed by atoms with Gasteiger partial charge < -0.3 is 4.74 Å². The topological polar surface area (TPSA) is 26.3 Å². The minimum absolute atomic E-state index is 0.302. The highest BCUT2D eigenvalue weighted by Crippen LogP contribution is 2.20. The molecule has 2 aromatic rings. The van der Waals surface area contributed by atoms with Gasteiger partial charge in [0, 0.05) is 4.47 Å². The number of ether oxygens (including phenoxy) is 1. The fourth-order valence-electron chi connectivity index (χ4n) is 1.79. The normalized spacial score (nSPS) is 10.1. The predicted molar refractivity (Wildman–Crippen MR) is 74.7 cm³/mol. The van der Waals surface area contributed by atoms with Crippen molar-refractivity contribution in [1.82, 2.24) is 0 Å². The number of carbonyl (C=O) groups excluding carboxylic acids is 1. The van der Waals surface area contributed by atoms with Crippen LogP contribution in [0.5, 0.6) is 0 Å². The van der Waals surface area contributed by atoms with Crippen molar-refractivity contribution in [2.24, 2.45) is 0 Å². The van der Waals surface area contributed by atoms with Crippen LogP contribution in [0.3, 0.4) is 0 Å². The smallest absolute Gasteiger partial charge is 0.337 e. The molecule has 18 heavy (non-hydrogen) atoms. The standard InChI is InChI=1S/C15H13BrO2/c1-18-15(17)13-7-4-5-11(10-13)9-12-6-2-3-8-14(12)16/h2-8,10H,9H2,1H3. The van der Waals surface area contributed by atoms with Crippen LogP contribution < -0.4 is 0 Å². The molecule has 0 spiro atoms. The summed E-state index contributed by atoms with van der Waals surface area (Å²) in [5, 5.41) is 0. The van der Waals surface area contributed by atoms with Gasteiger partial charge in [-0.1, -0.05) is 46.3 Å². The first-order valence-electron chi connectivity index (χ1n) is 5.61. The monoisotopic (exact) mass is 304 g/mol. The van der Waals surface area contributed by atoms with E-state index < -0.39 is 0 Å². The Morgan fingerprint density at radius 3 is 2.67 bits per heavy atom. The largest absolute Gasteiger partial charge is 0.465 e. The van der Waals surface area contributed by atoms with Crippen LogP contribution >= 0.6 is 15.9 Å². The maximum Gasteiger partial charge on any atom is 0.337 e. The summed E-state index contributed by atoms with van der Waals surface area (Å²) < 4.78 is 5.79. The summed E-state index contributed by atoms with van der Waals surface area (Å²) in [5.41, 5.74) is 2.87. The fraction of sp³-hybridized carbons (Fsp3) is 0.133. The number of benzene rings is 2. The SMILES string of the molecule is COC(=O)c1cccc(Cc2ccccc2Br)c1. The van der Waals surface area contributed by atoms with E-state index in [1.807, 2.05) is 36.4 Å². The van der Waals surface area contributed by atoms with Gasteiger partial charge in [-0.25, -0.2) is 4.79 Å². The first-order valence-corrected chi connectivity index (χ1v) is 6.40. The molecule has 0 radical (unpaired) electrons. The van der Waals surface area contributed by atoms with E-state index >= 15 is 0 Å². The lowest BCUT2D eigenvalue weighted by atomic mass is 10.0. The molecule has 2 nitrogen and oxygen atoms in total. The predicted octanol–water partition coefficient (Wildman–Crippen LogP) is 3.83. The second-order valence-corrected chi connectivity index (χ2v) is 4.81. The molecule has 0 heterocycles. The third-order valence-corrected chi connectivity index (χ3v) is 3.47. The molecule has 0 N–H and O–H groups in total. The van der Waals surface area contributed by atoms with Crippen molar-refractivity contribution in [2.45, 2.75) is 6.42 Å². The summed E-state index contributed by atoms with van der Waals surface area (Å²) in [6, 6.07) is 15.6. The summed E-state index contributed by atoms with van der Waals surface area (Å²) in [4.78, 5) is 11.5. The Hall–Kier alpha value is -1.61. The Bertz CT molecular complexity index is 564. The zero-order valence-corrected chi connectivity index (χ0v) is 11.6. The molecule has 0 aromatic heterocycles. The molecule has 0 aliphatic heterocycles. The zero-order valence-electron chi connectivity index (χ0n) is 10.0. The molecule has 2 rings (SSSR count). The highest BCUT2D eigenvalue weighted by molar-refractivity contribution is 9.10. The molecule has 0 atom stereocenters. The summed E-state index contributed by atoms with van der Waals surface area (Å²) in [6.45, 7) is 0. The molecular formula is C15H13BrO2. The van der Waals surface area contributed by atoms with Gasteiger partial charge in [-0.2, -0.15) is 0 Å². The number of rotatable bonds is 3. The van der Waals surface area contributed by atoms with Gasteiger partial charge in [0.15, 0.2) is 0 Å². The van der Waals surface area contributed by atoms with Crippen molar-refractivity contribution in [3.63, 3.8) is 0 Å². The molecule has 0 aliphatic rings. The van der Waals surface area contributed by atoms with Crippen LogP contribution in [0, 0.1) is 0 Å². The highest BCUT2D eigenvalue weighted by atomic mass is 79.9. The number of methoxy groups -OCH3 is 1. The fourth-order valence-corrected chi connectivity index (χ4v) is 2.21. The summed E-state index contributed by atoms with van der Waals surface area (Å²) in [6.07, 6.45) is 0.784. The number of esters is 1. The van der Waals surface area contributed by atoms with Crippen LogP contribution in [0.4, 0.5) is 0 Å². The van der Waals surface area contributed by atoms with Crippen molar-refractivity contribution < 1.29 is 9.53 Å². The highest BCUT2D eigenvalue weighted by Gasteiger charge is 2.06. The number of hydrogen-bond donors (Lipinski definition) is 0. The third-order valence-electron chi connectivity index (χ3n) is 2.70. The van der Waals surface area contributed by atoms with Crippen LogP contribution in [0.15, 0.2) is 53.0 Å². The first-order chi connectivity index (χ1) is 8.70. The average Bonchev–Trinajstić information content (AvgIpc) is 2.41. The van der Waals surface area contributed by atoms with Gasteiger partial charge in [0.2, 0.25) is 0 Å². The minimum Gasteiger partial charge on any atom is -0.465 e. The molecule has 92 valence electrons. The average molecular weight is 305 g/mol. The third kappa shape index (κ3) is 2.99. The van der Waals surface area contributed by atoms with Crippen LogP contribution in [0.1, 0.15) is 21.5 Å². The van der Waals surface area contributed by atoms with Crippen molar-refractivity contribution in [3.05, 3.63) is 69.7 Å². The number of hydrogen-bond acceptors (Lipinski definition) is 2. The van der Waals surface area contributed by atoms with E-state index in [1.165, 1.54) is 12.7 Å². The van der Waals surface area contributed by atoms with Crippen molar-refractivity contribution in [3.8, 4) is 0 Å². The van der Waals surface area contributed by atoms with Crippen LogP contribution in [-0.2, 0) is 11.2 Å². The Morgan fingerprint density at radius 1 is 1.17 bits per heavy atom. The zero-order chi connectivity index (χ0) is 13.0. The lowest BCUT2D eigenvalue weighted by Crippen LogP contribution is -2.02. The molecule has 3 heteroatoms. The molecule has 0 aliphatic carbocycles. The maximum absolute atomic E-state index is 11.5. The van der Waals surface area contributed by atoms with Gasteiger partial charge in [-0.15, -0.1) is 0 Å². The van der Waals surface area contributed by atoms with Crippen molar-refractivity contribution >= 4 is 21.9 Å². The number of carbonyl (C=O) groups is 1. The first kappa shape index (κ1) is 12.8. The molecule has 0 bridgehead atoms. The number of halogens is 1. The minimum atomic E-state index is -0.302. The van der Waals surface area contributed by atoms with E-state index in [2.05, 4.69) is 22.0 Å². The second kappa shape index (κ2) is 5.83.